The number of hydrogen-bond donors (Lipinski definition) is 2. The van der Waals surface area contributed by atoms with Crippen LogP contribution in [0.5, 0.6) is 0 Å². The van der Waals surface area contributed by atoms with Crippen LogP contribution in [-0.2, 0) is 11.3 Å². The third-order valence-electron chi connectivity index (χ3n) is 4.26. The van der Waals surface area contributed by atoms with Crippen LogP contribution < -0.4 is 10.6 Å². The van der Waals surface area contributed by atoms with Crippen molar-refractivity contribution in [1.29, 1.82) is 0 Å². The average Bonchev–Trinajstić information content (AvgIpc) is 3.22. The quantitative estimate of drug-likeness (QED) is 0.666. The van der Waals surface area contributed by atoms with E-state index in [1.54, 1.807) is 11.1 Å². The molecule has 0 fully saturated rings. The highest BCUT2D eigenvalue weighted by Crippen LogP contribution is 2.23. The average molecular weight is 364 g/mol. The van der Waals surface area contributed by atoms with E-state index >= 15 is 0 Å². The highest BCUT2D eigenvalue weighted by atomic mass is 16.6. The molecule has 2 aromatic carbocycles. The van der Waals surface area contributed by atoms with Crippen LogP contribution >= 0.6 is 0 Å². The van der Waals surface area contributed by atoms with Crippen molar-refractivity contribution in [2.45, 2.75) is 20.0 Å². The Bertz CT molecular complexity index is 860. The summed E-state index contributed by atoms with van der Waals surface area (Å²) in [6, 6.07) is 15.7. The van der Waals surface area contributed by atoms with Crippen molar-refractivity contribution >= 4 is 11.8 Å². The van der Waals surface area contributed by atoms with Crippen molar-refractivity contribution in [1.82, 2.24) is 10.2 Å². The second-order valence-corrected chi connectivity index (χ2v) is 6.37. The Morgan fingerprint density at radius 1 is 1.19 bits per heavy atom. The first-order valence-electron chi connectivity index (χ1n) is 8.96. The summed E-state index contributed by atoms with van der Waals surface area (Å²) in [5.74, 6) is 0. The summed E-state index contributed by atoms with van der Waals surface area (Å²) in [5, 5.41) is 6.76. The zero-order valence-electron chi connectivity index (χ0n) is 15.4. The SMILES string of the molecule is Cc1cccc(COC(=O)N(CCCN)c2ccc(-c3cn[nH]c3)cc2)c1. The lowest BCUT2D eigenvalue weighted by Gasteiger charge is -2.22. The Kier molecular flexibility index (Phi) is 6.22. The van der Waals surface area contributed by atoms with Gasteiger partial charge >= 0.3 is 6.09 Å². The van der Waals surface area contributed by atoms with E-state index in [1.807, 2.05) is 61.7 Å². The summed E-state index contributed by atoms with van der Waals surface area (Å²) in [6.45, 7) is 3.27. The zero-order chi connectivity index (χ0) is 19.1. The molecule has 27 heavy (non-hydrogen) atoms. The van der Waals surface area contributed by atoms with Gasteiger partial charge in [-0.25, -0.2) is 4.79 Å². The summed E-state index contributed by atoms with van der Waals surface area (Å²) >= 11 is 0. The Balaban J connectivity index is 1.71. The number of nitrogens with two attached hydrogens (primary N) is 1. The molecular formula is C21H24N4O2. The van der Waals surface area contributed by atoms with Crippen LogP contribution in [-0.4, -0.2) is 29.4 Å². The number of hydrogen-bond acceptors (Lipinski definition) is 4. The number of aromatic nitrogens is 2. The minimum Gasteiger partial charge on any atom is -0.444 e. The van der Waals surface area contributed by atoms with Gasteiger partial charge in [0.15, 0.2) is 0 Å². The van der Waals surface area contributed by atoms with Gasteiger partial charge < -0.3 is 10.5 Å². The first-order chi connectivity index (χ1) is 13.2. The number of anilines is 1. The monoisotopic (exact) mass is 364 g/mol. The minimum absolute atomic E-state index is 0.243. The van der Waals surface area contributed by atoms with Crippen LogP contribution in [0.4, 0.5) is 10.5 Å². The predicted octanol–water partition coefficient (Wildman–Crippen LogP) is 3.88. The van der Waals surface area contributed by atoms with E-state index in [1.165, 1.54) is 0 Å². The lowest BCUT2D eigenvalue weighted by Crippen LogP contribution is -2.33. The predicted molar refractivity (Wildman–Crippen MR) is 106 cm³/mol. The van der Waals surface area contributed by atoms with Crippen LogP contribution in [0.15, 0.2) is 60.9 Å². The molecule has 3 N–H and O–H groups in total. The molecule has 0 bridgehead atoms. The normalized spacial score (nSPS) is 10.6. The number of carbonyl (C=O) groups is 1. The summed E-state index contributed by atoms with van der Waals surface area (Å²) in [6.07, 6.45) is 3.92. The molecule has 0 saturated carbocycles. The van der Waals surface area contributed by atoms with E-state index in [0.29, 0.717) is 19.5 Å². The lowest BCUT2D eigenvalue weighted by atomic mass is 10.1. The number of carbonyl (C=O) groups excluding carboxylic acids is 1. The van der Waals surface area contributed by atoms with Crippen LogP contribution in [0.25, 0.3) is 11.1 Å². The molecular weight excluding hydrogens is 340 g/mol. The van der Waals surface area contributed by atoms with Gasteiger partial charge in [0.05, 0.1) is 6.20 Å². The van der Waals surface area contributed by atoms with Crippen LogP contribution in [0.3, 0.4) is 0 Å². The van der Waals surface area contributed by atoms with Crippen LogP contribution in [0.1, 0.15) is 17.5 Å². The molecule has 0 aliphatic rings. The van der Waals surface area contributed by atoms with Gasteiger partial charge in [0.1, 0.15) is 6.61 Å². The van der Waals surface area contributed by atoms with Crippen LogP contribution in [0, 0.1) is 6.92 Å². The van der Waals surface area contributed by atoms with E-state index in [2.05, 4.69) is 10.2 Å². The lowest BCUT2D eigenvalue weighted by molar-refractivity contribution is 0.147. The molecule has 1 amide bonds. The topological polar surface area (TPSA) is 84.2 Å². The van der Waals surface area contributed by atoms with Crippen molar-refractivity contribution < 1.29 is 9.53 Å². The molecule has 3 aromatic rings. The molecule has 3 rings (SSSR count). The van der Waals surface area contributed by atoms with Gasteiger partial charge in [-0.3, -0.25) is 10.00 Å². The van der Waals surface area contributed by atoms with E-state index in [4.69, 9.17) is 10.5 Å². The first kappa shape index (κ1) is 18.7. The number of benzene rings is 2. The molecule has 0 spiro atoms. The fourth-order valence-electron chi connectivity index (χ4n) is 2.84. The van der Waals surface area contributed by atoms with Crippen molar-refractivity contribution in [2.75, 3.05) is 18.0 Å². The number of nitrogens with one attached hydrogen (secondary N) is 1. The first-order valence-corrected chi connectivity index (χ1v) is 8.96. The fraction of sp³-hybridized carbons (Fsp3) is 0.238. The Labute approximate surface area is 159 Å². The Hall–Kier alpha value is -3.12. The third-order valence-corrected chi connectivity index (χ3v) is 4.26. The van der Waals surface area contributed by atoms with Gasteiger partial charge in [-0.1, -0.05) is 42.0 Å². The highest BCUT2D eigenvalue weighted by molar-refractivity contribution is 5.88. The molecule has 6 nitrogen and oxygen atoms in total. The Morgan fingerprint density at radius 3 is 2.67 bits per heavy atom. The van der Waals surface area contributed by atoms with Gasteiger partial charge in [0.25, 0.3) is 0 Å². The molecule has 0 aliphatic heterocycles. The van der Waals surface area contributed by atoms with Crippen molar-refractivity contribution in [2.24, 2.45) is 5.73 Å². The molecule has 0 saturated heterocycles. The van der Waals surface area contributed by atoms with Crippen LogP contribution in [0.2, 0.25) is 0 Å². The molecule has 6 heteroatoms. The van der Waals surface area contributed by atoms with Gasteiger partial charge in [-0.15, -0.1) is 0 Å². The summed E-state index contributed by atoms with van der Waals surface area (Å²) in [4.78, 5) is 14.3. The summed E-state index contributed by atoms with van der Waals surface area (Å²) in [5.41, 5.74) is 10.5. The molecule has 0 unspecified atom stereocenters. The maximum absolute atomic E-state index is 12.7. The molecule has 1 aromatic heterocycles. The molecule has 1 heterocycles. The van der Waals surface area contributed by atoms with Gasteiger partial charge in [-0.2, -0.15) is 5.10 Å². The maximum atomic E-state index is 12.7. The second-order valence-electron chi connectivity index (χ2n) is 6.37. The smallest absolute Gasteiger partial charge is 0.414 e. The second kappa shape index (κ2) is 9.00. The third kappa shape index (κ3) is 4.95. The fourth-order valence-corrected chi connectivity index (χ4v) is 2.84. The molecule has 140 valence electrons. The number of aryl methyl sites for hydroxylation is 1. The summed E-state index contributed by atoms with van der Waals surface area (Å²) < 4.78 is 5.53. The highest BCUT2D eigenvalue weighted by Gasteiger charge is 2.17. The largest absolute Gasteiger partial charge is 0.444 e. The van der Waals surface area contributed by atoms with Gasteiger partial charge in [-0.05, 0) is 43.1 Å². The number of H-pyrrole nitrogens is 1. The molecule has 0 atom stereocenters. The number of nitrogens with zero attached hydrogens (tertiary/aromatic N) is 2. The van der Waals surface area contributed by atoms with Crippen molar-refractivity contribution in [3.63, 3.8) is 0 Å². The maximum Gasteiger partial charge on any atom is 0.414 e. The minimum atomic E-state index is -0.374. The van der Waals surface area contributed by atoms with Crippen molar-refractivity contribution in [3.8, 4) is 11.1 Å². The standard InChI is InChI=1S/C21H24N4O2/c1-16-4-2-5-17(12-16)15-27-21(26)25(11-3-10-22)20-8-6-18(7-9-20)19-13-23-24-14-19/h2,4-9,12-14H,3,10-11,15,22H2,1H3,(H,23,24). The van der Waals surface area contributed by atoms with Gasteiger partial charge in [0.2, 0.25) is 0 Å². The number of amides is 1. The summed E-state index contributed by atoms with van der Waals surface area (Å²) in [7, 11) is 0. The van der Waals surface area contributed by atoms with E-state index in [-0.39, 0.29) is 12.7 Å². The van der Waals surface area contributed by atoms with Gasteiger partial charge in [0, 0.05) is 24.0 Å². The number of aromatic amines is 1. The van der Waals surface area contributed by atoms with E-state index in [9.17, 15) is 4.79 Å². The van der Waals surface area contributed by atoms with E-state index < -0.39 is 0 Å². The molecule has 0 radical (unpaired) electrons. The van der Waals surface area contributed by atoms with E-state index in [0.717, 1.165) is 27.9 Å². The van der Waals surface area contributed by atoms with Crippen molar-refractivity contribution in [3.05, 3.63) is 72.1 Å². The number of rotatable bonds is 7. The zero-order valence-corrected chi connectivity index (χ0v) is 15.4. The Morgan fingerprint density at radius 2 is 2.00 bits per heavy atom. The number of ether oxygens (including phenoxy) is 1. The molecule has 0 aliphatic carbocycles.